The maximum absolute atomic E-state index is 5.82. The van der Waals surface area contributed by atoms with E-state index in [1.807, 2.05) is 24.3 Å². The smallest absolute Gasteiger partial charge is 0.238 e. The largest absolute Gasteiger partial charge is 0.438 e. The van der Waals surface area contributed by atoms with Gasteiger partial charge < -0.3 is 15.0 Å². The molecular weight excluding hydrogens is 348 g/mol. The van der Waals surface area contributed by atoms with Crippen molar-refractivity contribution in [2.24, 2.45) is 0 Å². The number of anilines is 1. The highest BCUT2D eigenvalue weighted by atomic mass is 16.5. The second-order valence-corrected chi connectivity index (χ2v) is 7.20. The van der Waals surface area contributed by atoms with Gasteiger partial charge in [0.25, 0.3) is 0 Å². The molecule has 1 aliphatic heterocycles. The Hall–Kier alpha value is -2.92. The van der Waals surface area contributed by atoms with E-state index < -0.39 is 0 Å². The lowest BCUT2D eigenvalue weighted by Gasteiger charge is -2.34. The molecule has 4 rings (SSSR count). The molecule has 1 N–H and O–H groups in total. The van der Waals surface area contributed by atoms with Crippen molar-refractivity contribution in [2.75, 3.05) is 24.5 Å². The van der Waals surface area contributed by atoms with E-state index in [9.17, 15) is 0 Å². The van der Waals surface area contributed by atoms with E-state index >= 15 is 0 Å². The lowest BCUT2D eigenvalue weighted by molar-refractivity contribution is 0.449. The first kappa shape index (κ1) is 18.4. The Kier molecular flexibility index (Phi) is 5.53. The van der Waals surface area contributed by atoms with E-state index in [2.05, 4.69) is 70.7 Å². The number of hydrogen-bond acceptors (Lipinski definition) is 5. The monoisotopic (exact) mass is 374 g/mol. The van der Waals surface area contributed by atoms with Crippen molar-refractivity contribution in [3.05, 3.63) is 77.4 Å². The van der Waals surface area contributed by atoms with Gasteiger partial charge in [0.2, 0.25) is 5.88 Å². The number of piperazine rings is 1. The van der Waals surface area contributed by atoms with Crippen LogP contribution < -0.4 is 15.0 Å². The predicted molar refractivity (Wildman–Crippen MR) is 112 cm³/mol. The quantitative estimate of drug-likeness (QED) is 0.722. The normalized spacial score (nSPS) is 16.8. The summed E-state index contributed by atoms with van der Waals surface area (Å²) in [6.45, 7) is 6.97. The SMILES string of the molecule is CCc1ccc(Oc2ccc(N3CCNC(c4cccc(C)c4)C3)nn2)cc1. The standard InChI is InChI=1S/C23H26N4O/c1-3-18-7-9-20(10-8-18)28-23-12-11-22(25-26-23)27-14-13-24-21(16-27)19-6-4-5-17(2)15-19/h4-12,15,21,24H,3,13-14,16H2,1-2H3. The minimum atomic E-state index is 0.295. The average Bonchev–Trinajstić information content (AvgIpc) is 2.75. The molecule has 0 saturated carbocycles. The number of hydrogen-bond donors (Lipinski definition) is 1. The van der Waals surface area contributed by atoms with Crippen LogP contribution in [0.4, 0.5) is 5.82 Å². The van der Waals surface area contributed by atoms with Crippen LogP contribution in [-0.2, 0) is 6.42 Å². The molecule has 1 aromatic heterocycles. The van der Waals surface area contributed by atoms with Gasteiger partial charge in [0.15, 0.2) is 5.82 Å². The Labute approximate surface area is 166 Å². The van der Waals surface area contributed by atoms with Gasteiger partial charge >= 0.3 is 0 Å². The third-order valence-corrected chi connectivity index (χ3v) is 5.12. The third-order valence-electron chi connectivity index (χ3n) is 5.12. The molecule has 5 heteroatoms. The zero-order valence-corrected chi connectivity index (χ0v) is 16.4. The molecular formula is C23H26N4O. The first-order chi connectivity index (χ1) is 13.7. The molecule has 28 heavy (non-hydrogen) atoms. The van der Waals surface area contributed by atoms with Crippen LogP contribution in [0.25, 0.3) is 0 Å². The molecule has 5 nitrogen and oxygen atoms in total. The summed E-state index contributed by atoms with van der Waals surface area (Å²) in [5.41, 5.74) is 3.88. The number of nitrogens with zero attached hydrogens (tertiary/aromatic N) is 3. The predicted octanol–water partition coefficient (Wildman–Crippen LogP) is 4.29. The summed E-state index contributed by atoms with van der Waals surface area (Å²) in [5, 5.41) is 12.3. The number of nitrogens with one attached hydrogen (secondary N) is 1. The highest BCUT2D eigenvalue weighted by Crippen LogP contribution is 2.24. The van der Waals surface area contributed by atoms with Crippen molar-refractivity contribution in [1.82, 2.24) is 15.5 Å². The van der Waals surface area contributed by atoms with E-state index in [-0.39, 0.29) is 0 Å². The molecule has 1 unspecified atom stereocenters. The topological polar surface area (TPSA) is 50.3 Å². The summed E-state index contributed by atoms with van der Waals surface area (Å²) in [6, 6.07) is 20.9. The fourth-order valence-corrected chi connectivity index (χ4v) is 3.52. The van der Waals surface area contributed by atoms with Gasteiger partial charge in [-0.3, -0.25) is 0 Å². The molecule has 3 aromatic rings. The van der Waals surface area contributed by atoms with Crippen LogP contribution in [0.15, 0.2) is 60.7 Å². The lowest BCUT2D eigenvalue weighted by Crippen LogP contribution is -2.46. The second-order valence-electron chi connectivity index (χ2n) is 7.20. The van der Waals surface area contributed by atoms with Crippen LogP contribution in [0, 0.1) is 6.92 Å². The van der Waals surface area contributed by atoms with Crippen molar-refractivity contribution >= 4 is 5.82 Å². The first-order valence-corrected chi connectivity index (χ1v) is 9.86. The zero-order valence-electron chi connectivity index (χ0n) is 16.4. The Bertz CT molecular complexity index is 909. The van der Waals surface area contributed by atoms with Gasteiger partial charge in [-0.25, -0.2) is 0 Å². The lowest BCUT2D eigenvalue weighted by atomic mass is 10.0. The summed E-state index contributed by atoms with van der Waals surface area (Å²) >= 11 is 0. The molecule has 0 spiro atoms. The van der Waals surface area contributed by atoms with Crippen LogP contribution >= 0.6 is 0 Å². The van der Waals surface area contributed by atoms with E-state index in [0.29, 0.717) is 11.9 Å². The molecule has 1 atom stereocenters. The van der Waals surface area contributed by atoms with Crippen LogP contribution in [-0.4, -0.2) is 29.8 Å². The van der Waals surface area contributed by atoms with Crippen molar-refractivity contribution in [2.45, 2.75) is 26.3 Å². The molecule has 0 aliphatic carbocycles. The maximum atomic E-state index is 5.82. The molecule has 2 heterocycles. The van der Waals surface area contributed by atoms with E-state index in [1.165, 1.54) is 16.7 Å². The summed E-state index contributed by atoms with van der Waals surface area (Å²) in [6.07, 6.45) is 1.02. The number of ether oxygens (including phenoxy) is 1. The van der Waals surface area contributed by atoms with Gasteiger partial charge in [-0.15, -0.1) is 10.2 Å². The van der Waals surface area contributed by atoms with Gasteiger partial charge in [-0.05, 0) is 42.7 Å². The van der Waals surface area contributed by atoms with Crippen molar-refractivity contribution in [3.63, 3.8) is 0 Å². The number of aromatic nitrogens is 2. The fourth-order valence-electron chi connectivity index (χ4n) is 3.52. The van der Waals surface area contributed by atoms with Crippen molar-refractivity contribution in [1.29, 1.82) is 0 Å². The van der Waals surface area contributed by atoms with Crippen LogP contribution in [0.1, 0.15) is 29.7 Å². The van der Waals surface area contributed by atoms with Crippen LogP contribution in [0.3, 0.4) is 0 Å². The average molecular weight is 374 g/mol. The molecule has 0 amide bonds. The molecule has 0 radical (unpaired) electrons. The van der Waals surface area contributed by atoms with Gasteiger partial charge in [-0.1, -0.05) is 48.9 Å². The fraction of sp³-hybridized carbons (Fsp3) is 0.304. The Morgan fingerprint density at radius 1 is 1.07 bits per heavy atom. The number of benzene rings is 2. The van der Waals surface area contributed by atoms with Crippen LogP contribution in [0.5, 0.6) is 11.6 Å². The Morgan fingerprint density at radius 3 is 2.64 bits per heavy atom. The summed E-state index contributed by atoms with van der Waals surface area (Å²) in [4.78, 5) is 2.27. The van der Waals surface area contributed by atoms with E-state index in [0.717, 1.165) is 37.6 Å². The first-order valence-electron chi connectivity index (χ1n) is 9.86. The molecule has 1 fully saturated rings. The Balaban J connectivity index is 1.42. The van der Waals surface area contributed by atoms with Gasteiger partial charge in [0, 0.05) is 31.7 Å². The van der Waals surface area contributed by atoms with Gasteiger partial charge in [0.05, 0.1) is 0 Å². The number of aryl methyl sites for hydroxylation is 2. The van der Waals surface area contributed by atoms with Gasteiger partial charge in [-0.2, -0.15) is 0 Å². The molecule has 144 valence electrons. The Morgan fingerprint density at radius 2 is 1.93 bits per heavy atom. The van der Waals surface area contributed by atoms with Crippen molar-refractivity contribution in [3.8, 4) is 11.6 Å². The van der Waals surface area contributed by atoms with Crippen LogP contribution in [0.2, 0.25) is 0 Å². The van der Waals surface area contributed by atoms with Crippen molar-refractivity contribution < 1.29 is 4.74 Å². The van der Waals surface area contributed by atoms with E-state index in [4.69, 9.17) is 4.74 Å². The second kappa shape index (κ2) is 8.40. The summed E-state index contributed by atoms with van der Waals surface area (Å²) in [5.74, 6) is 2.17. The number of rotatable bonds is 5. The molecule has 2 aromatic carbocycles. The zero-order chi connectivity index (χ0) is 19.3. The molecule has 1 saturated heterocycles. The van der Waals surface area contributed by atoms with E-state index in [1.54, 1.807) is 0 Å². The highest BCUT2D eigenvalue weighted by Gasteiger charge is 2.22. The summed E-state index contributed by atoms with van der Waals surface area (Å²) < 4.78 is 5.82. The maximum Gasteiger partial charge on any atom is 0.238 e. The summed E-state index contributed by atoms with van der Waals surface area (Å²) in [7, 11) is 0. The minimum absolute atomic E-state index is 0.295. The molecule has 1 aliphatic rings. The minimum Gasteiger partial charge on any atom is -0.438 e. The molecule has 0 bridgehead atoms. The third kappa shape index (κ3) is 4.31. The van der Waals surface area contributed by atoms with Gasteiger partial charge in [0.1, 0.15) is 5.75 Å². The highest BCUT2D eigenvalue weighted by molar-refractivity contribution is 5.41.